The van der Waals surface area contributed by atoms with Crippen molar-refractivity contribution in [3.8, 4) is 0 Å². The zero-order chi connectivity index (χ0) is 13.0. The summed E-state index contributed by atoms with van der Waals surface area (Å²) in [4.78, 5) is 5.82. The van der Waals surface area contributed by atoms with Gasteiger partial charge in [0.25, 0.3) is 0 Å². The number of nitrogens with zero attached hydrogens (tertiary/aromatic N) is 1. The summed E-state index contributed by atoms with van der Waals surface area (Å²) in [6.45, 7) is 2.16. The molecule has 0 aromatic carbocycles. The van der Waals surface area contributed by atoms with Gasteiger partial charge in [0.05, 0.1) is 16.1 Å². The molecule has 1 N–H and O–H groups in total. The topological polar surface area (TPSA) is 24.9 Å². The van der Waals surface area contributed by atoms with Crippen LogP contribution in [0.4, 0.5) is 0 Å². The Morgan fingerprint density at radius 3 is 2.83 bits per heavy atom. The second-order valence-electron chi connectivity index (χ2n) is 4.15. The van der Waals surface area contributed by atoms with Gasteiger partial charge in [-0.25, -0.2) is 0 Å². The number of thiophene rings is 1. The highest BCUT2D eigenvalue weighted by molar-refractivity contribution is 7.16. The van der Waals surface area contributed by atoms with E-state index in [9.17, 15) is 0 Å². The number of aryl methyl sites for hydroxylation is 1. The van der Waals surface area contributed by atoms with Gasteiger partial charge in [0, 0.05) is 17.5 Å². The second kappa shape index (κ2) is 6.32. The van der Waals surface area contributed by atoms with Crippen molar-refractivity contribution < 1.29 is 0 Å². The number of aromatic nitrogens is 1. The lowest BCUT2D eigenvalue weighted by Gasteiger charge is -2.17. The van der Waals surface area contributed by atoms with Crippen LogP contribution in [0.25, 0.3) is 0 Å². The molecule has 0 radical (unpaired) electrons. The van der Waals surface area contributed by atoms with Crippen molar-refractivity contribution in [3.05, 3.63) is 50.9 Å². The molecule has 0 fully saturated rings. The van der Waals surface area contributed by atoms with Crippen LogP contribution in [-0.2, 0) is 12.8 Å². The highest BCUT2D eigenvalue weighted by Crippen LogP contribution is 2.27. The van der Waals surface area contributed by atoms with E-state index in [4.69, 9.17) is 11.6 Å². The summed E-state index contributed by atoms with van der Waals surface area (Å²) in [5.74, 6) is 0. The summed E-state index contributed by atoms with van der Waals surface area (Å²) in [5.41, 5.74) is 2.45. The van der Waals surface area contributed by atoms with Crippen LogP contribution in [0.1, 0.15) is 29.1 Å². The first kappa shape index (κ1) is 13.5. The molecule has 0 aliphatic rings. The van der Waals surface area contributed by atoms with Crippen molar-refractivity contribution >= 4 is 22.9 Å². The van der Waals surface area contributed by atoms with Gasteiger partial charge < -0.3 is 5.32 Å². The molecule has 2 aromatic heterocycles. The summed E-state index contributed by atoms with van der Waals surface area (Å²) in [6.07, 6.45) is 3.80. The molecule has 2 rings (SSSR count). The molecule has 0 amide bonds. The average Bonchev–Trinajstić information content (AvgIpc) is 2.81. The molecule has 0 aliphatic carbocycles. The summed E-state index contributed by atoms with van der Waals surface area (Å²) < 4.78 is 0.844. The lowest BCUT2D eigenvalue weighted by molar-refractivity contribution is 0.574. The predicted octanol–water partition coefficient (Wildman–Crippen LogP) is 3.86. The molecule has 0 saturated heterocycles. The van der Waals surface area contributed by atoms with Gasteiger partial charge in [-0.15, -0.1) is 11.3 Å². The highest BCUT2D eigenvalue weighted by atomic mass is 35.5. The molecule has 0 aliphatic heterocycles. The van der Waals surface area contributed by atoms with Crippen LogP contribution < -0.4 is 5.32 Å². The fourth-order valence-electron chi connectivity index (χ4n) is 2.06. The van der Waals surface area contributed by atoms with E-state index >= 15 is 0 Å². The fraction of sp³-hybridized carbons (Fsp3) is 0.357. The third-order valence-corrected chi connectivity index (χ3v) is 4.27. The monoisotopic (exact) mass is 280 g/mol. The summed E-state index contributed by atoms with van der Waals surface area (Å²) in [6, 6.07) is 8.43. The molecular weight excluding hydrogens is 264 g/mol. The first-order valence-electron chi connectivity index (χ1n) is 6.09. The number of rotatable bonds is 5. The van der Waals surface area contributed by atoms with E-state index in [1.807, 2.05) is 25.4 Å². The van der Waals surface area contributed by atoms with Crippen molar-refractivity contribution in [3.63, 3.8) is 0 Å². The number of likely N-dealkylation sites (N-methyl/N-ethyl adjacent to an activating group) is 1. The maximum absolute atomic E-state index is 5.97. The van der Waals surface area contributed by atoms with E-state index in [2.05, 4.69) is 29.4 Å². The second-order valence-corrected chi connectivity index (χ2v) is 5.95. The van der Waals surface area contributed by atoms with Crippen molar-refractivity contribution in [2.24, 2.45) is 0 Å². The molecule has 0 saturated carbocycles. The summed E-state index contributed by atoms with van der Waals surface area (Å²) >= 11 is 7.61. The molecule has 1 atom stereocenters. The standard InChI is InChI=1S/C14H17ClN2S/c1-3-10-5-4-8-17-14(10)12(16-2)9-11-6-7-13(15)18-11/h4-8,12,16H,3,9H2,1-2H3. The number of nitrogens with one attached hydrogen (secondary N) is 1. The largest absolute Gasteiger partial charge is 0.311 e. The van der Waals surface area contributed by atoms with Gasteiger partial charge in [0.1, 0.15) is 0 Å². The van der Waals surface area contributed by atoms with Crippen molar-refractivity contribution in [1.82, 2.24) is 10.3 Å². The Kier molecular flexibility index (Phi) is 4.75. The highest BCUT2D eigenvalue weighted by Gasteiger charge is 2.15. The van der Waals surface area contributed by atoms with Crippen LogP contribution in [0, 0.1) is 0 Å². The lowest BCUT2D eigenvalue weighted by atomic mass is 10.0. The van der Waals surface area contributed by atoms with E-state index in [0.29, 0.717) is 0 Å². The Hall–Kier alpha value is -0.900. The van der Waals surface area contributed by atoms with E-state index in [1.54, 1.807) is 11.3 Å². The molecule has 96 valence electrons. The normalized spacial score (nSPS) is 12.6. The van der Waals surface area contributed by atoms with E-state index in [-0.39, 0.29) is 6.04 Å². The molecule has 0 bridgehead atoms. The number of hydrogen-bond donors (Lipinski definition) is 1. The van der Waals surface area contributed by atoms with Crippen LogP contribution in [0.15, 0.2) is 30.5 Å². The van der Waals surface area contributed by atoms with Crippen molar-refractivity contribution in [2.45, 2.75) is 25.8 Å². The van der Waals surface area contributed by atoms with Crippen molar-refractivity contribution in [2.75, 3.05) is 7.05 Å². The minimum absolute atomic E-state index is 0.246. The maximum atomic E-state index is 5.97. The van der Waals surface area contributed by atoms with Gasteiger partial charge in [-0.05, 0) is 37.2 Å². The first-order chi connectivity index (χ1) is 8.74. The Balaban J connectivity index is 2.22. The molecule has 0 spiro atoms. The molecule has 2 aromatic rings. The quantitative estimate of drug-likeness (QED) is 0.899. The summed E-state index contributed by atoms with van der Waals surface area (Å²) in [7, 11) is 1.98. The van der Waals surface area contributed by atoms with Gasteiger partial charge in [0.2, 0.25) is 0 Å². The van der Waals surface area contributed by atoms with Crippen LogP contribution in [0.2, 0.25) is 4.34 Å². The third-order valence-electron chi connectivity index (χ3n) is 3.02. The van der Waals surface area contributed by atoms with Gasteiger partial charge in [-0.3, -0.25) is 4.98 Å². The zero-order valence-electron chi connectivity index (χ0n) is 10.6. The average molecular weight is 281 g/mol. The van der Waals surface area contributed by atoms with E-state index in [0.717, 1.165) is 22.9 Å². The SMILES string of the molecule is CCc1cccnc1C(Cc1ccc(Cl)s1)NC. The predicted molar refractivity (Wildman–Crippen MR) is 78.4 cm³/mol. The molecule has 2 nitrogen and oxygen atoms in total. The molecule has 2 heterocycles. The maximum Gasteiger partial charge on any atom is 0.0931 e. The van der Waals surface area contributed by atoms with Crippen LogP contribution in [0.5, 0.6) is 0 Å². The van der Waals surface area contributed by atoms with Crippen LogP contribution >= 0.6 is 22.9 Å². The minimum Gasteiger partial charge on any atom is -0.311 e. The Bertz CT molecular complexity index is 510. The molecule has 18 heavy (non-hydrogen) atoms. The number of pyridine rings is 1. The Morgan fingerprint density at radius 1 is 1.39 bits per heavy atom. The smallest absolute Gasteiger partial charge is 0.0931 e. The molecule has 1 unspecified atom stereocenters. The number of halogens is 1. The number of hydrogen-bond acceptors (Lipinski definition) is 3. The van der Waals surface area contributed by atoms with Crippen molar-refractivity contribution in [1.29, 1.82) is 0 Å². The van der Waals surface area contributed by atoms with Crippen LogP contribution in [0.3, 0.4) is 0 Å². The van der Waals surface area contributed by atoms with Gasteiger partial charge >= 0.3 is 0 Å². The van der Waals surface area contributed by atoms with Gasteiger partial charge in [-0.2, -0.15) is 0 Å². The van der Waals surface area contributed by atoms with Crippen LogP contribution in [-0.4, -0.2) is 12.0 Å². The van der Waals surface area contributed by atoms with E-state index < -0.39 is 0 Å². The zero-order valence-corrected chi connectivity index (χ0v) is 12.2. The Morgan fingerprint density at radius 2 is 2.22 bits per heavy atom. The fourth-order valence-corrected chi connectivity index (χ4v) is 3.19. The molecule has 4 heteroatoms. The lowest BCUT2D eigenvalue weighted by Crippen LogP contribution is -2.21. The first-order valence-corrected chi connectivity index (χ1v) is 7.29. The van der Waals surface area contributed by atoms with Gasteiger partial charge in [-0.1, -0.05) is 24.6 Å². The van der Waals surface area contributed by atoms with Gasteiger partial charge in [0.15, 0.2) is 0 Å². The minimum atomic E-state index is 0.246. The summed E-state index contributed by atoms with van der Waals surface area (Å²) in [5, 5.41) is 3.35. The van der Waals surface area contributed by atoms with E-state index in [1.165, 1.54) is 10.4 Å². The third kappa shape index (κ3) is 3.10. The molecular formula is C14H17ClN2S. The Labute approximate surface area is 117 Å².